The normalized spacial score (nSPS) is 13.4. The van der Waals surface area contributed by atoms with Crippen molar-refractivity contribution < 1.29 is 9.53 Å². The Kier molecular flexibility index (Phi) is 6.42. The molecule has 0 unspecified atom stereocenters. The number of rotatable bonds is 7. The number of aryl methyl sites for hydroxylation is 2. The molecule has 6 nitrogen and oxygen atoms in total. The van der Waals surface area contributed by atoms with E-state index >= 15 is 0 Å². The first kappa shape index (κ1) is 20.1. The van der Waals surface area contributed by atoms with Crippen molar-refractivity contribution in [1.82, 2.24) is 14.8 Å². The van der Waals surface area contributed by atoms with Gasteiger partial charge in [-0.25, -0.2) is 0 Å². The molecule has 0 atom stereocenters. The van der Waals surface area contributed by atoms with Crippen LogP contribution in [0.1, 0.15) is 43.5 Å². The fourth-order valence-electron chi connectivity index (χ4n) is 3.75. The van der Waals surface area contributed by atoms with Gasteiger partial charge in [0, 0.05) is 30.6 Å². The SMILES string of the molecule is Cc1cccc(OCCCC(=O)Nc2ccc(-c3nnc4n3CCCCC4)cc2)c1. The smallest absolute Gasteiger partial charge is 0.224 e. The molecular formula is C24H28N4O2. The summed E-state index contributed by atoms with van der Waals surface area (Å²) in [6.45, 7) is 3.53. The molecule has 1 amide bonds. The number of carbonyl (C=O) groups excluding carboxylic acids is 1. The Balaban J connectivity index is 1.27. The highest BCUT2D eigenvalue weighted by molar-refractivity contribution is 5.90. The Labute approximate surface area is 177 Å². The van der Waals surface area contributed by atoms with Gasteiger partial charge in [-0.15, -0.1) is 10.2 Å². The Morgan fingerprint density at radius 1 is 1.10 bits per heavy atom. The van der Waals surface area contributed by atoms with Crippen molar-refractivity contribution in [3.63, 3.8) is 0 Å². The van der Waals surface area contributed by atoms with Crippen LogP contribution in [0.2, 0.25) is 0 Å². The van der Waals surface area contributed by atoms with Gasteiger partial charge < -0.3 is 14.6 Å². The molecule has 2 aromatic carbocycles. The molecule has 1 aliphatic rings. The summed E-state index contributed by atoms with van der Waals surface area (Å²) in [5, 5.41) is 11.7. The van der Waals surface area contributed by atoms with Crippen molar-refractivity contribution in [3.8, 4) is 17.1 Å². The number of nitrogens with one attached hydrogen (secondary N) is 1. The van der Waals surface area contributed by atoms with Gasteiger partial charge in [0.1, 0.15) is 11.6 Å². The van der Waals surface area contributed by atoms with Crippen LogP contribution in [-0.2, 0) is 17.8 Å². The van der Waals surface area contributed by atoms with Crippen molar-refractivity contribution in [2.24, 2.45) is 0 Å². The van der Waals surface area contributed by atoms with E-state index in [0.29, 0.717) is 19.4 Å². The molecule has 0 bridgehead atoms. The van der Waals surface area contributed by atoms with Gasteiger partial charge in [0.25, 0.3) is 0 Å². The first-order valence-electron chi connectivity index (χ1n) is 10.7. The first-order chi connectivity index (χ1) is 14.7. The van der Waals surface area contributed by atoms with Crippen LogP contribution in [0.4, 0.5) is 5.69 Å². The lowest BCUT2D eigenvalue weighted by Crippen LogP contribution is -2.12. The van der Waals surface area contributed by atoms with E-state index in [1.165, 1.54) is 19.3 Å². The number of nitrogens with zero attached hydrogens (tertiary/aromatic N) is 3. The van der Waals surface area contributed by atoms with Crippen molar-refractivity contribution in [3.05, 3.63) is 59.9 Å². The molecule has 6 heteroatoms. The van der Waals surface area contributed by atoms with Crippen molar-refractivity contribution in [2.75, 3.05) is 11.9 Å². The second-order valence-electron chi connectivity index (χ2n) is 7.80. The number of anilines is 1. The largest absolute Gasteiger partial charge is 0.494 e. The maximum atomic E-state index is 12.2. The maximum Gasteiger partial charge on any atom is 0.224 e. The van der Waals surface area contributed by atoms with Gasteiger partial charge in [0.15, 0.2) is 5.82 Å². The van der Waals surface area contributed by atoms with Crippen LogP contribution >= 0.6 is 0 Å². The van der Waals surface area contributed by atoms with Gasteiger partial charge in [-0.1, -0.05) is 18.6 Å². The summed E-state index contributed by atoms with van der Waals surface area (Å²) in [7, 11) is 0. The van der Waals surface area contributed by atoms with Gasteiger partial charge in [-0.3, -0.25) is 4.79 Å². The molecule has 156 valence electrons. The lowest BCUT2D eigenvalue weighted by molar-refractivity contribution is -0.116. The third-order valence-electron chi connectivity index (χ3n) is 5.34. The maximum absolute atomic E-state index is 12.2. The van der Waals surface area contributed by atoms with Crippen LogP contribution in [0, 0.1) is 6.92 Å². The molecule has 1 aromatic heterocycles. The zero-order valence-electron chi connectivity index (χ0n) is 17.4. The molecule has 0 aliphatic carbocycles. The average molecular weight is 405 g/mol. The molecular weight excluding hydrogens is 376 g/mol. The van der Waals surface area contributed by atoms with E-state index in [1.807, 2.05) is 55.5 Å². The van der Waals surface area contributed by atoms with Crippen LogP contribution in [0.3, 0.4) is 0 Å². The Morgan fingerprint density at radius 2 is 1.97 bits per heavy atom. The number of fused-ring (bicyclic) bond motifs is 1. The summed E-state index contributed by atoms with van der Waals surface area (Å²) in [6.07, 6.45) is 5.67. The van der Waals surface area contributed by atoms with Crippen molar-refractivity contribution in [2.45, 2.75) is 52.0 Å². The second-order valence-corrected chi connectivity index (χ2v) is 7.80. The van der Waals surface area contributed by atoms with Gasteiger partial charge in [-0.05, 0) is 68.1 Å². The summed E-state index contributed by atoms with van der Waals surface area (Å²) in [5.41, 5.74) is 2.98. The Morgan fingerprint density at radius 3 is 2.80 bits per heavy atom. The number of hydrogen-bond acceptors (Lipinski definition) is 4. The summed E-state index contributed by atoms with van der Waals surface area (Å²) in [4.78, 5) is 12.2. The topological polar surface area (TPSA) is 69.0 Å². The summed E-state index contributed by atoms with van der Waals surface area (Å²) < 4.78 is 7.93. The molecule has 3 aromatic rings. The Bertz CT molecular complexity index is 995. The lowest BCUT2D eigenvalue weighted by Gasteiger charge is -2.09. The minimum atomic E-state index is -0.00747. The van der Waals surface area contributed by atoms with Crippen LogP contribution in [0.5, 0.6) is 5.75 Å². The number of ether oxygens (including phenoxy) is 1. The van der Waals surface area contributed by atoms with Crippen molar-refractivity contribution >= 4 is 11.6 Å². The minimum Gasteiger partial charge on any atom is -0.494 e. The first-order valence-corrected chi connectivity index (χ1v) is 10.7. The van der Waals surface area contributed by atoms with Crippen molar-refractivity contribution in [1.29, 1.82) is 0 Å². The molecule has 4 rings (SSSR count). The fourth-order valence-corrected chi connectivity index (χ4v) is 3.75. The summed E-state index contributed by atoms with van der Waals surface area (Å²) in [5.74, 6) is 2.83. The second kappa shape index (κ2) is 9.57. The van der Waals surface area contributed by atoms with E-state index in [9.17, 15) is 4.79 Å². The number of carbonyl (C=O) groups is 1. The summed E-state index contributed by atoms with van der Waals surface area (Å²) in [6, 6.07) is 15.8. The third kappa shape index (κ3) is 5.06. The zero-order valence-corrected chi connectivity index (χ0v) is 17.4. The van der Waals surface area contributed by atoms with E-state index in [0.717, 1.165) is 47.2 Å². The molecule has 0 fully saturated rings. The van der Waals surface area contributed by atoms with Gasteiger partial charge in [0.2, 0.25) is 5.91 Å². The number of aromatic nitrogens is 3. The highest BCUT2D eigenvalue weighted by Crippen LogP contribution is 2.24. The molecule has 0 saturated heterocycles. The zero-order chi connectivity index (χ0) is 20.8. The standard InChI is InChI=1S/C24H28N4O2/c1-18-7-5-8-21(17-18)30-16-6-10-23(29)25-20-13-11-19(12-14-20)24-27-26-22-9-3-2-4-15-28(22)24/h5,7-8,11-14,17H,2-4,6,9-10,15-16H2,1H3,(H,25,29). The molecule has 0 radical (unpaired) electrons. The van der Waals surface area contributed by atoms with E-state index in [1.54, 1.807) is 0 Å². The lowest BCUT2D eigenvalue weighted by atomic mass is 10.2. The molecule has 1 aliphatic heterocycles. The van der Waals surface area contributed by atoms with Crippen LogP contribution in [-0.4, -0.2) is 27.3 Å². The molecule has 0 saturated carbocycles. The van der Waals surface area contributed by atoms with E-state index in [2.05, 4.69) is 20.1 Å². The number of hydrogen-bond donors (Lipinski definition) is 1. The van der Waals surface area contributed by atoms with Gasteiger partial charge in [0.05, 0.1) is 6.61 Å². The predicted octanol–water partition coefficient (Wildman–Crippen LogP) is 4.78. The third-order valence-corrected chi connectivity index (χ3v) is 5.34. The fraction of sp³-hybridized carbons (Fsp3) is 0.375. The molecule has 30 heavy (non-hydrogen) atoms. The van der Waals surface area contributed by atoms with Crippen LogP contribution < -0.4 is 10.1 Å². The molecule has 1 N–H and O–H groups in total. The quantitative estimate of drug-likeness (QED) is 0.576. The minimum absolute atomic E-state index is 0.00747. The average Bonchev–Trinajstić information content (AvgIpc) is 3.00. The van der Waals surface area contributed by atoms with Crippen LogP contribution in [0.15, 0.2) is 48.5 Å². The van der Waals surface area contributed by atoms with E-state index < -0.39 is 0 Å². The van der Waals surface area contributed by atoms with Gasteiger partial charge >= 0.3 is 0 Å². The van der Waals surface area contributed by atoms with Crippen LogP contribution in [0.25, 0.3) is 11.4 Å². The molecule has 2 heterocycles. The molecule has 0 spiro atoms. The monoisotopic (exact) mass is 404 g/mol. The highest BCUT2D eigenvalue weighted by Gasteiger charge is 2.16. The predicted molar refractivity (Wildman–Crippen MR) is 118 cm³/mol. The van der Waals surface area contributed by atoms with E-state index in [4.69, 9.17) is 4.74 Å². The number of benzene rings is 2. The van der Waals surface area contributed by atoms with Gasteiger partial charge in [-0.2, -0.15) is 0 Å². The Hall–Kier alpha value is -3.15. The number of amides is 1. The van der Waals surface area contributed by atoms with E-state index in [-0.39, 0.29) is 5.91 Å². The summed E-state index contributed by atoms with van der Waals surface area (Å²) >= 11 is 0. The highest BCUT2D eigenvalue weighted by atomic mass is 16.5.